The van der Waals surface area contributed by atoms with Crippen LogP contribution in [0.2, 0.25) is 5.02 Å². The maximum absolute atomic E-state index is 13.0. The molecule has 2 aromatic rings. The molecule has 0 aromatic heterocycles. The standard InChI is InChI=1S/C24H30ClN3O6/c1-6-31-16-10-11-17(20(14-16)34-9-4)27-28-22(15(5)29)24(30)26-23-19(33-8-3)13-12-18(21(23)25)32-7-2/h10-14,22H,6-9H2,1-5H3,(H,26,30). The molecule has 0 saturated carbocycles. The Morgan fingerprint density at radius 1 is 0.882 bits per heavy atom. The molecule has 1 unspecified atom stereocenters. The molecule has 1 atom stereocenters. The predicted molar refractivity (Wildman–Crippen MR) is 130 cm³/mol. The maximum Gasteiger partial charge on any atom is 0.258 e. The van der Waals surface area contributed by atoms with Crippen LogP contribution in [0.25, 0.3) is 0 Å². The van der Waals surface area contributed by atoms with Crippen molar-refractivity contribution in [2.24, 2.45) is 10.2 Å². The lowest BCUT2D eigenvalue weighted by Gasteiger charge is -2.17. The Balaban J connectivity index is 2.35. The van der Waals surface area contributed by atoms with Gasteiger partial charge in [0.1, 0.15) is 39.4 Å². The summed E-state index contributed by atoms with van der Waals surface area (Å²) >= 11 is 6.44. The van der Waals surface area contributed by atoms with E-state index in [1.165, 1.54) is 6.92 Å². The van der Waals surface area contributed by atoms with Gasteiger partial charge >= 0.3 is 0 Å². The fourth-order valence-corrected chi connectivity index (χ4v) is 3.19. The number of ether oxygens (including phenoxy) is 4. The molecule has 9 nitrogen and oxygen atoms in total. The number of anilines is 1. The minimum Gasteiger partial charge on any atom is -0.494 e. The number of hydrogen-bond donors (Lipinski definition) is 1. The van der Waals surface area contributed by atoms with Gasteiger partial charge in [-0.2, -0.15) is 10.2 Å². The first-order valence-electron chi connectivity index (χ1n) is 11.1. The molecule has 34 heavy (non-hydrogen) atoms. The average molecular weight is 492 g/mol. The summed E-state index contributed by atoms with van der Waals surface area (Å²) < 4.78 is 22.2. The summed E-state index contributed by atoms with van der Waals surface area (Å²) in [7, 11) is 0. The Morgan fingerprint density at radius 3 is 2.09 bits per heavy atom. The highest BCUT2D eigenvalue weighted by Crippen LogP contribution is 2.40. The largest absolute Gasteiger partial charge is 0.494 e. The SMILES string of the molecule is CCOc1ccc(N=NC(C(C)=O)C(=O)Nc2c(OCC)ccc(OCC)c2Cl)c(OCC)c1. The van der Waals surface area contributed by atoms with Gasteiger partial charge in [0.15, 0.2) is 5.78 Å². The normalized spacial score (nSPS) is 11.7. The topological polar surface area (TPSA) is 108 Å². The number of halogens is 1. The second-order valence-corrected chi connectivity index (χ2v) is 7.21. The number of nitrogens with zero attached hydrogens (tertiary/aromatic N) is 2. The third kappa shape index (κ3) is 7.08. The zero-order chi connectivity index (χ0) is 25.1. The molecular formula is C24H30ClN3O6. The molecule has 0 fully saturated rings. The average Bonchev–Trinajstić information content (AvgIpc) is 2.80. The molecule has 0 spiro atoms. The summed E-state index contributed by atoms with van der Waals surface area (Å²) in [4.78, 5) is 25.3. The van der Waals surface area contributed by atoms with E-state index in [0.717, 1.165) is 0 Å². The number of amides is 1. The van der Waals surface area contributed by atoms with Gasteiger partial charge in [0.05, 0.1) is 26.4 Å². The zero-order valence-corrected chi connectivity index (χ0v) is 20.8. The van der Waals surface area contributed by atoms with Crippen molar-refractivity contribution in [3.05, 3.63) is 35.4 Å². The molecule has 0 radical (unpaired) electrons. The van der Waals surface area contributed by atoms with E-state index >= 15 is 0 Å². The van der Waals surface area contributed by atoms with E-state index in [2.05, 4.69) is 15.5 Å². The van der Waals surface area contributed by atoms with Crippen molar-refractivity contribution in [3.63, 3.8) is 0 Å². The van der Waals surface area contributed by atoms with Gasteiger partial charge in [0.2, 0.25) is 6.04 Å². The van der Waals surface area contributed by atoms with Crippen molar-refractivity contribution in [1.82, 2.24) is 0 Å². The van der Waals surface area contributed by atoms with E-state index < -0.39 is 17.7 Å². The zero-order valence-electron chi connectivity index (χ0n) is 20.0. The van der Waals surface area contributed by atoms with E-state index in [1.807, 2.05) is 20.8 Å². The fourth-order valence-electron chi connectivity index (χ4n) is 2.93. The molecule has 1 amide bonds. The summed E-state index contributed by atoms with van der Waals surface area (Å²) in [5.41, 5.74) is 0.549. The first-order chi connectivity index (χ1) is 16.4. The number of ketones is 1. The molecule has 10 heteroatoms. The quantitative estimate of drug-likeness (QED) is 0.288. The highest BCUT2D eigenvalue weighted by molar-refractivity contribution is 6.35. The van der Waals surface area contributed by atoms with E-state index in [-0.39, 0.29) is 10.7 Å². The van der Waals surface area contributed by atoms with Crippen LogP contribution in [-0.4, -0.2) is 44.2 Å². The Labute approximate surface area is 204 Å². The van der Waals surface area contributed by atoms with Crippen molar-refractivity contribution in [1.29, 1.82) is 0 Å². The van der Waals surface area contributed by atoms with E-state index in [1.54, 1.807) is 37.3 Å². The second-order valence-electron chi connectivity index (χ2n) is 6.83. The monoisotopic (exact) mass is 491 g/mol. The van der Waals surface area contributed by atoms with Gasteiger partial charge in [-0.15, -0.1) is 0 Å². The lowest BCUT2D eigenvalue weighted by Crippen LogP contribution is -2.32. The van der Waals surface area contributed by atoms with Crippen LogP contribution in [0.1, 0.15) is 34.6 Å². The van der Waals surface area contributed by atoms with Crippen LogP contribution in [0.4, 0.5) is 11.4 Å². The van der Waals surface area contributed by atoms with Gasteiger partial charge in [-0.1, -0.05) is 11.6 Å². The minimum atomic E-state index is -1.41. The van der Waals surface area contributed by atoms with Gasteiger partial charge < -0.3 is 24.3 Å². The van der Waals surface area contributed by atoms with Gasteiger partial charge in [-0.25, -0.2) is 0 Å². The van der Waals surface area contributed by atoms with Crippen LogP contribution in [0.5, 0.6) is 23.0 Å². The summed E-state index contributed by atoms with van der Waals surface area (Å²) in [6, 6.07) is 6.89. The van der Waals surface area contributed by atoms with Crippen molar-refractivity contribution >= 4 is 34.7 Å². The number of rotatable bonds is 13. The molecule has 0 heterocycles. The summed E-state index contributed by atoms with van der Waals surface area (Å²) in [5.74, 6) is 0.536. The molecule has 0 bridgehead atoms. The molecule has 1 N–H and O–H groups in total. The molecule has 0 aliphatic heterocycles. The van der Waals surface area contributed by atoms with Crippen LogP contribution in [0.3, 0.4) is 0 Å². The summed E-state index contributed by atoms with van der Waals surface area (Å²) in [6.45, 7) is 10.2. The van der Waals surface area contributed by atoms with E-state index in [0.29, 0.717) is 55.1 Å². The van der Waals surface area contributed by atoms with Gasteiger partial charge in [0.25, 0.3) is 5.91 Å². The Bertz CT molecular complexity index is 1030. The van der Waals surface area contributed by atoms with E-state index in [4.69, 9.17) is 30.5 Å². The first kappa shape index (κ1) is 26.9. The Kier molecular flexibility index (Phi) is 10.6. The Hall–Kier alpha value is -3.33. The lowest BCUT2D eigenvalue weighted by atomic mass is 10.2. The van der Waals surface area contributed by atoms with Gasteiger partial charge in [-0.05, 0) is 58.9 Å². The third-order valence-corrected chi connectivity index (χ3v) is 4.75. The smallest absolute Gasteiger partial charge is 0.258 e. The number of azo groups is 1. The maximum atomic E-state index is 13.0. The van der Waals surface area contributed by atoms with Gasteiger partial charge in [-0.3, -0.25) is 9.59 Å². The number of carbonyl (C=O) groups excluding carboxylic acids is 2. The molecule has 2 aromatic carbocycles. The number of nitrogens with one attached hydrogen (secondary N) is 1. The number of carbonyl (C=O) groups is 2. The number of benzene rings is 2. The van der Waals surface area contributed by atoms with Crippen molar-refractivity contribution in [2.75, 3.05) is 31.7 Å². The molecular weight excluding hydrogens is 462 g/mol. The molecule has 0 saturated heterocycles. The number of hydrogen-bond acceptors (Lipinski definition) is 8. The van der Waals surface area contributed by atoms with Crippen LogP contribution in [-0.2, 0) is 9.59 Å². The molecule has 184 valence electrons. The highest BCUT2D eigenvalue weighted by Gasteiger charge is 2.26. The second kappa shape index (κ2) is 13.4. The van der Waals surface area contributed by atoms with Crippen LogP contribution >= 0.6 is 11.6 Å². The van der Waals surface area contributed by atoms with E-state index in [9.17, 15) is 9.59 Å². The van der Waals surface area contributed by atoms with Crippen molar-refractivity contribution in [3.8, 4) is 23.0 Å². The first-order valence-corrected chi connectivity index (χ1v) is 11.4. The van der Waals surface area contributed by atoms with Crippen molar-refractivity contribution in [2.45, 2.75) is 40.7 Å². The fraction of sp³-hybridized carbons (Fsp3) is 0.417. The number of Topliss-reactive ketones (excluding diaryl/α,β-unsaturated/α-hetero) is 1. The summed E-state index contributed by atoms with van der Waals surface area (Å²) in [5, 5.41) is 10.9. The highest BCUT2D eigenvalue weighted by atomic mass is 35.5. The molecule has 0 aliphatic carbocycles. The predicted octanol–water partition coefficient (Wildman–Crippen LogP) is 5.61. The van der Waals surface area contributed by atoms with Crippen molar-refractivity contribution < 1.29 is 28.5 Å². The molecule has 0 aliphatic rings. The summed E-state index contributed by atoms with van der Waals surface area (Å²) in [6.07, 6.45) is 0. The minimum absolute atomic E-state index is 0.158. The molecule has 2 rings (SSSR count). The lowest BCUT2D eigenvalue weighted by molar-refractivity contribution is -0.126. The van der Waals surface area contributed by atoms with Crippen LogP contribution < -0.4 is 24.3 Å². The third-order valence-electron chi connectivity index (χ3n) is 4.37. The van der Waals surface area contributed by atoms with Crippen LogP contribution in [0.15, 0.2) is 40.6 Å². The van der Waals surface area contributed by atoms with Crippen LogP contribution in [0, 0.1) is 0 Å². The van der Waals surface area contributed by atoms with Gasteiger partial charge in [0, 0.05) is 6.07 Å². The Morgan fingerprint density at radius 2 is 1.47 bits per heavy atom.